The van der Waals surface area contributed by atoms with E-state index < -0.39 is 17.1 Å². The van der Waals surface area contributed by atoms with Crippen molar-refractivity contribution in [3.63, 3.8) is 0 Å². The number of hydrogen-bond donors (Lipinski definition) is 2. The van der Waals surface area contributed by atoms with Gasteiger partial charge in [0.1, 0.15) is 11.8 Å². The molecule has 0 amide bonds. The van der Waals surface area contributed by atoms with E-state index in [0.717, 1.165) is 9.54 Å². The third-order valence-electron chi connectivity index (χ3n) is 5.28. The van der Waals surface area contributed by atoms with Crippen LogP contribution in [0.3, 0.4) is 0 Å². The van der Waals surface area contributed by atoms with Crippen molar-refractivity contribution >= 4 is 33.6 Å². The number of fused-ring (bicyclic) bond motifs is 1. The second-order valence-corrected chi connectivity index (χ2v) is 9.97. The molecule has 0 aliphatic heterocycles. The van der Waals surface area contributed by atoms with E-state index in [9.17, 15) is 23.7 Å². The first kappa shape index (κ1) is 23.5. The number of aromatic nitrogens is 2. The van der Waals surface area contributed by atoms with Crippen LogP contribution in [0.5, 0.6) is 5.75 Å². The van der Waals surface area contributed by atoms with E-state index in [-0.39, 0.29) is 22.1 Å². The fraction of sp³-hybridized carbons (Fsp3) is 0.167. The van der Waals surface area contributed by atoms with Crippen molar-refractivity contribution in [2.75, 3.05) is 0 Å². The van der Waals surface area contributed by atoms with E-state index in [1.54, 1.807) is 30.3 Å². The molecule has 2 aromatic heterocycles. The number of rotatable bonds is 6. The Morgan fingerprint density at radius 3 is 2.44 bits per heavy atom. The van der Waals surface area contributed by atoms with Gasteiger partial charge in [0, 0.05) is 28.8 Å². The SMILES string of the molecule is Cc1ccc(S(=O)(=O)n2cc(-c3ccc(OC(C)C)c(C#N)c3)c3cc(B(O)O)cnc32)cc1. The van der Waals surface area contributed by atoms with Crippen molar-refractivity contribution < 1.29 is 23.2 Å². The van der Waals surface area contributed by atoms with Crippen LogP contribution in [0.25, 0.3) is 22.2 Å². The highest BCUT2D eigenvalue weighted by Crippen LogP contribution is 2.34. The first-order valence-corrected chi connectivity index (χ1v) is 12.0. The summed E-state index contributed by atoms with van der Waals surface area (Å²) < 4.78 is 33.7. The molecule has 0 atom stereocenters. The molecule has 0 aliphatic rings. The molecule has 34 heavy (non-hydrogen) atoms. The van der Waals surface area contributed by atoms with Crippen LogP contribution >= 0.6 is 0 Å². The van der Waals surface area contributed by atoms with Crippen LogP contribution in [-0.4, -0.2) is 40.6 Å². The number of benzene rings is 2. The smallest absolute Gasteiger partial charge is 0.490 e. The molecule has 8 nitrogen and oxygen atoms in total. The predicted molar refractivity (Wildman–Crippen MR) is 129 cm³/mol. The number of hydrogen-bond acceptors (Lipinski definition) is 7. The largest absolute Gasteiger partial charge is 0.490 e. The third kappa shape index (κ3) is 4.29. The standard InChI is InChI=1S/C24H22BN3O5S/c1-15(2)33-23-9-6-17(10-18(23)12-26)22-14-28(24-21(22)11-19(13-27-24)25(29)30)34(31,32)20-7-4-16(3)5-8-20/h4-11,13-15,29-30H,1-3H3. The van der Waals surface area contributed by atoms with Crippen molar-refractivity contribution in [1.29, 1.82) is 5.26 Å². The Balaban J connectivity index is 1.97. The molecule has 2 N–H and O–H groups in total. The predicted octanol–water partition coefficient (Wildman–Crippen LogP) is 2.59. The summed E-state index contributed by atoms with van der Waals surface area (Å²) in [5.74, 6) is 0.418. The van der Waals surface area contributed by atoms with Crippen LogP contribution in [0.4, 0.5) is 0 Å². The molecular formula is C24H22BN3O5S. The maximum atomic E-state index is 13.5. The van der Waals surface area contributed by atoms with E-state index in [4.69, 9.17) is 4.74 Å². The average molecular weight is 475 g/mol. The van der Waals surface area contributed by atoms with Gasteiger partial charge in [-0.2, -0.15) is 5.26 Å². The Kier molecular flexibility index (Phi) is 6.19. The number of pyridine rings is 1. The van der Waals surface area contributed by atoms with Crippen molar-refractivity contribution in [1.82, 2.24) is 8.96 Å². The normalized spacial score (nSPS) is 11.6. The zero-order valence-electron chi connectivity index (χ0n) is 18.8. The van der Waals surface area contributed by atoms with Gasteiger partial charge in [-0.3, -0.25) is 0 Å². The lowest BCUT2D eigenvalue weighted by Gasteiger charge is -2.12. The first-order valence-electron chi connectivity index (χ1n) is 10.5. The maximum Gasteiger partial charge on any atom is 0.490 e. The van der Waals surface area contributed by atoms with Gasteiger partial charge in [0.25, 0.3) is 10.0 Å². The molecule has 172 valence electrons. The van der Waals surface area contributed by atoms with Gasteiger partial charge in [0.05, 0.1) is 16.6 Å². The van der Waals surface area contributed by atoms with Gasteiger partial charge in [-0.05, 0) is 56.7 Å². The minimum atomic E-state index is -4.00. The molecule has 10 heteroatoms. The number of aryl methyl sites for hydroxylation is 1. The van der Waals surface area contributed by atoms with Gasteiger partial charge in [0.2, 0.25) is 0 Å². The van der Waals surface area contributed by atoms with Crippen LogP contribution in [-0.2, 0) is 10.0 Å². The zero-order chi connectivity index (χ0) is 24.6. The van der Waals surface area contributed by atoms with Crippen LogP contribution < -0.4 is 10.2 Å². The average Bonchev–Trinajstić information content (AvgIpc) is 3.19. The summed E-state index contributed by atoms with van der Waals surface area (Å²) in [4.78, 5) is 4.32. The van der Waals surface area contributed by atoms with Crippen LogP contribution in [0.2, 0.25) is 0 Å². The molecule has 4 rings (SSSR count). The highest BCUT2D eigenvalue weighted by Gasteiger charge is 2.25. The summed E-state index contributed by atoms with van der Waals surface area (Å²) in [5.41, 5.74) is 2.47. The lowest BCUT2D eigenvalue weighted by Crippen LogP contribution is -2.30. The van der Waals surface area contributed by atoms with E-state index in [2.05, 4.69) is 11.1 Å². The van der Waals surface area contributed by atoms with Crippen LogP contribution in [0.1, 0.15) is 25.0 Å². The van der Waals surface area contributed by atoms with Gasteiger partial charge in [-0.15, -0.1) is 0 Å². The summed E-state index contributed by atoms with van der Waals surface area (Å²) in [7, 11) is -5.78. The monoisotopic (exact) mass is 475 g/mol. The summed E-state index contributed by atoms with van der Waals surface area (Å²) in [6, 6.07) is 15.0. The van der Waals surface area contributed by atoms with Crippen LogP contribution in [0.15, 0.2) is 65.8 Å². The molecule has 0 bridgehead atoms. The summed E-state index contributed by atoms with van der Waals surface area (Å²) >= 11 is 0. The molecule has 0 unspecified atom stereocenters. The molecular weight excluding hydrogens is 453 g/mol. The molecule has 0 saturated heterocycles. The number of nitrogens with zero attached hydrogens (tertiary/aromatic N) is 3. The summed E-state index contributed by atoms with van der Waals surface area (Å²) in [6.07, 6.45) is 2.52. The fourth-order valence-corrected chi connectivity index (χ4v) is 4.94. The molecule has 4 aromatic rings. The Labute approximate surface area is 197 Å². The fourth-order valence-electron chi connectivity index (χ4n) is 3.62. The second kappa shape index (κ2) is 8.95. The topological polar surface area (TPSA) is 125 Å². The Hall–Kier alpha value is -3.65. The lowest BCUT2D eigenvalue weighted by atomic mass is 9.81. The van der Waals surface area contributed by atoms with Gasteiger partial charge in [-0.1, -0.05) is 23.8 Å². The summed E-state index contributed by atoms with van der Waals surface area (Å²) in [6.45, 7) is 5.57. The van der Waals surface area contributed by atoms with Crippen molar-refractivity contribution in [3.8, 4) is 22.9 Å². The minimum absolute atomic E-state index is 0.0908. The van der Waals surface area contributed by atoms with Gasteiger partial charge in [-0.25, -0.2) is 17.4 Å². The quantitative estimate of drug-likeness (QED) is 0.411. The number of nitriles is 1. The second-order valence-electron chi connectivity index (χ2n) is 8.16. The van der Waals surface area contributed by atoms with E-state index >= 15 is 0 Å². The van der Waals surface area contributed by atoms with Gasteiger partial charge >= 0.3 is 7.12 Å². The zero-order valence-corrected chi connectivity index (χ0v) is 19.6. The molecule has 0 radical (unpaired) electrons. The van der Waals surface area contributed by atoms with Crippen molar-refractivity contribution in [2.24, 2.45) is 0 Å². The minimum Gasteiger partial charge on any atom is -0.490 e. The Morgan fingerprint density at radius 2 is 1.82 bits per heavy atom. The highest BCUT2D eigenvalue weighted by molar-refractivity contribution is 7.90. The Bertz CT molecular complexity index is 1520. The highest BCUT2D eigenvalue weighted by atomic mass is 32.2. The van der Waals surface area contributed by atoms with Crippen molar-refractivity contribution in [3.05, 3.63) is 72.1 Å². The third-order valence-corrected chi connectivity index (χ3v) is 6.95. The van der Waals surface area contributed by atoms with E-state index in [0.29, 0.717) is 27.8 Å². The van der Waals surface area contributed by atoms with Crippen molar-refractivity contribution in [2.45, 2.75) is 31.8 Å². The molecule has 0 spiro atoms. The Morgan fingerprint density at radius 1 is 1.12 bits per heavy atom. The van der Waals surface area contributed by atoms with Gasteiger partial charge in [0.15, 0.2) is 5.65 Å². The van der Waals surface area contributed by atoms with Crippen LogP contribution in [0, 0.1) is 18.3 Å². The van der Waals surface area contributed by atoms with Gasteiger partial charge < -0.3 is 14.8 Å². The molecule has 0 fully saturated rings. The van der Waals surface area contributed by atoms with E-state index in [1.807, 2.05) is 20.8 Å². The molecule has 0 aliphatic carbocycles. The lowest BCUT2D eigenvalue weighted by molar-refractivity contribution is 0.242. The summed E-state index contributed by atoms with van der Waals surface area (Å²) in [5, 5.41) is 29.3. The molecule has 2 aromatic carbocycles. The maximum absolute atomic E-state index is 13.5. The molecule has 2 heterocycles. The number of ether oxygens (including phenoxy) is 1. The molecule has 0 saturated carbocycles. The first-order chi connectivity index (χ1) is 16.1. The van der Waals surface area contributed by atoms with E-state index in [1.165, 1.54) is 30.6 Å².